The van der Waals surface area contributed by atoms with E-state index in [1.165, 1.54) is 23.1 Å². The number of fused-ring (bicyclic) bond motifs is 1. The second-order valence-corrected chi connectivity index (χ2v) is 8.09. The molecule has 1 aliphatic heterocycles. The van der Waals surface area contributed by atoms with Crippen molar-refractivity contribution in [2.75, 3.05) is 31.7 Å². The standard InChI is InChI=1S/C19H21N3O3S2/c1-3-8-22-15-7-6-14(25-2)11-16(15)27-19(22)20-17(23)12-26-13-18(24)21-9-4-5-10-21/h1,6-7,11H,4-5,8-10,12-13H2,2H3. The summed E-state index contributed by atoms with van der Waals surface area (Å²) in [5, 5.41) is 0. The van der Waals surface area contributed by atoms with E-state index in [9.17, 15) is 9.59 Å². The van der Waals surface area contributed by atoms with Crippen molar-refractivity contribution in [2.45, 2.75) is 19.4 Å². The zero-order valence-electron chi connectivity index (χ0n) is 15.1. The molecule has 0 unspecified atom stereocenters. The summed E-state index contributed by atoms with van der Waals surface area (Å²) in [5.74, 6) is 3.67. The second-order valence-electron chi connectivity index (χ2n) is 6.09. The SMILES string of the molecule is C#CCn1c(=NC(=O)CSCC(=O)N2CCCC2)sc2cc(OC)ccc21. The number of benzene rings is 1. The largest absolute Gasteiger partial charge is 0.497 e. The Balaban J connectivity index is 1.71. The highest BCUT2D eigenvalue weighted by molar-refractivity contribution is 8.00. The van der Waals surface area contributed by atoms with Gasteiger partial charge in [-0.25, -0.2) is 0 Å². The third kappa shape index (κ3) is 4.73. The summed E-state index contributed by atoms with van der Waals surface area (Å²) in [6.45, 7) is 1.99. The van der Waals surface area contributed by atoms with Gasteiger partial charge in [0.2, 0.25) is 5.91 Å². The minimum absolute atomic E-state index is 0.0988. The van der Waals surface area contributed by atoms with Crippen LogP contribution in [0, 0.1) is 12.3 Å². The van der Waals surface area contributed by atoms with Gasteiger partial charge in [0.15, 0.2) is 4.80 Å². The van der Waals surface area contributed by atoms with Crippen molar-refractivity contribution in [2.24, 2.45) is 4.99 Å². The van der Waals surface area contributed by atoms with Crippen LogP contribution in [0.5, 0.6) is 5.75 Å². The lowest BCUT2D eigenvalue weighted by Gasteiger charge is -2.14. The molecule has 0 bridgehead atoms. The normalized spacial score (nSPS) is 14.5. The van der Waals surface area contributed by atoms with Gasteiger partial charge in [0.05, 0.1) is 35.4 Å². The van der Waals surface area contributed by atoms with Crippen LogP contribution in [0.3, 0.4) is 0 Å². The molecule has 3 rings (SSSR count). The molecule has 8 heteroatoms. The van der Waals surface area contributed by atoms with Crippen molar-refractivity contribution >= 4 is 45.1 Å². The maximum absolute atomic E-state index is 12.3. The quantitative estimate of drug-likeness (QED) is 0.693. The number of methoxy groups -OCH3 is 1. The number of thioether (sulfide) groups is 1. The molecule has 0 radical (unpaired) electrons. The van der Waals surface area contributed by atoms with Crippen molar-refractivity contribution < 1.29 is 14.3 Å². The van der Waals surface area contributed by atoms with Gasteiger partial charge in [0.1, 0.15) is 5.75 Å². The van der Waals surface area contributed by atoms with Gasteiger partial charge in [-0.1, -0.05) is 17.3 Å². The first-order valence-corrected chi connectivity index (χ1v) is 10.6. The number of aromatic nitrogens is 1. The van der Waals surface area contributed by atoms with E-state index < -0.39 is 0 Å². The Morgan fingerprint density at radius 2 is 2.11 bits per heavy atom. The maximum atomic E-state index is 12.3. The summed E-state index contributed by atoms with van der Waals surface area (Å²) < 4.78 is 8.05. The van der Waals surface area contributed by atoms with Crippen LogP contribution in [-0.2, 0) is 16.1 Å². The van der Waals surface area contributed by atoms with Crippen molar-refractivity contribution in [1.29, 1.82) is 0 Å². The molecule has 0 atom stereocenters. The van der Waals surface area contributed by atoms with E-state index in [1.807, 2.05) is 27.7 Å². The summed E-state index contributed by atoms with van der Waals surface area (Å²) in [6.07, 6.45) is 7.61. The van der Waals surface area contributed by atoms with Gasteiger partial charge in [-0.15, -0.1) is 18.2 Å². The van der Waals surface area contributed by atoms with E-state index in [-0.39, 0.29) is 17.6 Å². The molecule has 1 fully saturated rings. The first kappa shape index (κ1) is 19.5. The fourth-order valence-corrected chi connectivity index (χ4v) is 4.71. The predicted molar refractivity (Wildman–Crippen MR) is 109 cm³/mol. The highest BCUT2D eigenvalue weighted by Gasteiger charge is 2.18. The molecule has 6 nitrogen and oxygen atoms in total. The van der Waals surface area contributed by atoms with Crippen molar-refractivity contribution in [3.8, 4) is 18.1 Å². The Morgan fingerprint density at radius 3 is 2.81 bits per heavy atom. The topological polar surface area (TPSA) is 63.9 Å². The Labute approximate surface area is 166 Å². The molecule has 142 valence electrons. The van der Waals surface area contributed by atoms with Crippen LogP contribution in [0.2, 0.25) is 0 Å². The molecule has 2 heterocycles. The van der Waals surface area contributed by atoms with E-state index in [0.29, 0.717) is 17.1 Å². The van der Waals surface area contributed by atoms with E-state index in [0.717, 1.165) is 41.9 Å². The maximum Gasteiger partial charge on any atom is 0.258 e. The van der Waals surface area contributed by atoms with Crippen LogP contribution in [0.4, 0.5) is 0 Å². The Morgan fingerprint density at radius 1 is 1.33 bits per heavy atom. The zero-order chi connectivity index (χ0) is 19.2. The van der Waals surface area contributed by atoms with Crippen LogP contribution in [0.1, 0.15) is 12.8 Å². The lowest BCUT2D eigenvalue weighted by molar-refractivity contribution is -0.127. The van der Waals surface area contributed by atoms with Crippen LogP contribution < -0.4 is 9.54 Å². The number of nitrogens with zero attached hydrogens (tertiary/aromatic N) is 3. The van der Waals surface area contributed by atoms with Crippen LogP contribution in [0.15, 0.2) is 23.2 Å². The van der Waals surface area contributed by atoms with Gasteiger partial charge in [-0.3, -0.25) is 9.59 Å². The highest BCUT2D eigenvalue weighted by atomic mass is 32.2. The van der Waals surface area contributed by atoms with Crippen molar-refractivity contribution in [3.63, 3.8) is 0 Å². The van der Waals surface area contributed by atoms with Crippen molar-refractivity contribution in [3.05, 3.63) is 23.0 Å². The third-order valence-electron chi connectivity index (χ3n) is 4.27. The number of rotatable bonds is 6. The summed E-state index contributed by atoms with van der Waals surface area (Å²) >= 11 is 2.71. The molecular formula is C19H21N3O3S2. The highest BCUT2D eigenvalue weighted by Crippen LogP contribution is 2.23. The summed E-state index contributed by atoms with van der Waals surface area (Å²) in [5.41, 5.74) is 0.919. The molecule has 0 N–H and O–H groups in total. The molecule has 1 aliphatic rings. The molecule has 27 heavy (non-hydrogen) atoms. The van der Waals surface area contributed by atoms with E-state index in [4.69, 9.17) is 11.2 Å². The lowest BCUT2D eigenvalue weighted by Crippen LogP contribution is -2.29. The average molecular weight is 404 g/mol. The molecular weight excluding hydrogens is 382 g/mol. The molecule has 0 spiro atoms. The Hall–Kier alpha value is -2.24. The third-order valence-corrected chi connectivity index (χ3v) is 6.21. The number of amides is 2. The van der Waals surface area contributed by atoms with Gasteiger partial charge in [-0.05, 0) is 31.0 Å². The minimum Gasteiger partial charge on any atom is -0.497 e. The van der Waals surface area contributed by atoms with Gasteiger partial charge < -0.3 is 14.2 Å². The zero-order valence-corrected chi connectivity index (χ0v) is 16.8. The molecule has 2 amide bonds. The summed E-state index contributed by atoms with van der Waals surface area (Å²) in [4.78, 5) is 30.9. The molecule has 2 aromatic rings. The molecule has 1 aromatic heterocycles. The van der Waals surface area contributed by atoms with E-state index in [1.54, 1.807) is 7.11 Å². The number of carbonyl (C=O) groups is 2. The smallest absolute Gasteiger partial charge is 0.258 e. The minimum atomic E-state index is -0.265. The van der Waals surface area contributed by atoms with Crippen LogP contribution in [-0.4, -0.2) is 53.0 Å². The van der Waals surface area contributed by atoms with Gasteiger partial charge in [-0.2, -0.15) is 4.99 Å². The van der Waals surface area contributed by atoms with Gasteiger partial charge in [0, 0.05) is 13.1 Å². The first-order chi connectivity index (χ1) is 13.1. The molecule has 0 aliphatic carbocycles. The summed E-state index contributed by atoms with van der Waals surface area (Å²) in [6, 6.07) is 5.67. The number of hydrogen-bond acceptors (Lipinski definition) is 5. The fourth-order valence-electron chi connectivity index (χ4n) is 2.93. The van der Waals surface area contributed by atoms with Crippen LogP contribution >= 0.6 is 23.1 Å². The van der Waals surface area contributed by atoms with Gasteiger partial charge in [0.25, 0.3) is 5.91 Å². The average Bonchev–Trinajstić information content (AvgIpc) is 3.30. The Kier molecular flexibility index (Phi) is 6.58. The van der Waals surface area contributed by atoms with Gasteiger partial charge >= 0.3 is 0 Å². The Bertz CT molecular complexity index is 949. The molecule has 0 saturated carbocycles. The number of thiazole rings is 1. The van der Waals surface area contributed by atoms with Crippen LogP contribution in [0.25, 0.3) is 10.2 Å². The molecule has 1 aromatic carbocycles. The fraction of sp³-hybridized carbons (Fsp3) is 0.421. The number of likely N-dealkylation sites (tertiary alicyclic amines) is 1. The number of terminal acetylenes is 1. The predicted octanol–water partition coefficient (Wildman–Crippen LogP) is 2.13. The number of ether oxygens (including phenoxy) is 1. The van der Waals surface area contributed by atoms with Crippen molar-refractivity contribution in [1.82, 2.24) is 9.47 Å². The first-order valence-electron chi connectivity index (χ1n) is 8.66. The van der Waals surface area contributed by atoms with E-state index in [2.05, 4.69) is 10.9 Å². The molecule has 1 saturated heterocycles. The monoisotopic (exact) mass is 403 g/mol. The number of hydrogen-bond donors (Lipinski definition) is 0. The lowest BCUT2D eigenvalue weighted by atomic mass is 10.3. The second kappa shape index (κ2) is 9.11. The summed E-state index contributed by atoms with van der Waals surface area (Å²) in [7, 11) is 1.61. The number of carbonyl (C=O) groups excluding carboxylic acids is 2. The van der Waals surface area contributed by atoms with E-state index >= 15 is 0 Å².